The number of hydrogen-bond donors (Lipinski definition) is 0. The Morgan fingerprint density at radius 2 is 0.395 bits per heavy atom. The molecular weight excluding hydrogens is 1100 g/mol. The van der Waals surface area contributed by atoms with Gasteiger partial charge in [0.1, 0.15) is 38.6 Å². The monoisotopic (exact) mass is 1160 g/mol. The highest BCUT2D eigenvalue weighted by Gasteiger charge is 2.35. The number of rotatable bonds is 26. The predicted molar refractivity (Wildman–Crippen MR) is 309 cm³/mol. The van der Waals surface area contributed by atoms with Crippen LogP contribution in [0.25, 0.3) is 0 Å². The van der Waals surface area contributed by atoms with Gasteiger partial charge in [0.2, 0.25) is 0 Å². The van der Waals surface area contributed by atoms with Crippen molar-refractivity contribution >= 4 is 59.3 Å². The molecule has 0 aliphatic rings. The van der Waals surface area contributed by atoms with Gasteiger partial charge in [0.25, 0.3) is 0 Å². The molecule has 0 saturated heterocycles. The summed E-state index contributed by atoms with van der Waals surface area (Å²) in [6, 6.07) is 64.6. The average molecular weight is 1160 g/mol. The molecule has 0 bridgehead atoms. The highest BCUT2D eigenvalue weighted by Crippen LogP contribution is 2.20. The Kier molecular flexibility index (Phi) is 24.0. The number of carbonyl (C=O) groups excluding carboxylic acids is 10. The Balaban J connectivity index is 0.000000246. The van der Waals surface area contributed by atoms with E-state index in [4.69, 9.17) is 37.9 Å². The van der Waals surface area contributed by atoms with Crippen molar-refractivity contribution in [3.05, 3.63) is 287 Å². The van der Waals surface area contributed by atoms with Gasteiger partial charge in [0.05, 0.1) is 57.3 Å². The second-order valence-electron chi connectivity index (χ2n) is 18.5. The van der Waals surface area contributed by atoms with E-state index in [0.29, 0.717) is 0 Å². The van der Waals surface area contributed by atoms with Crippen LogP contribution >= 0.6 is 0 Å². The minimum atomic E-state index is -1.40. The topological polar surface area (TPSA) is 245 Å². The Hall–Kier alpha value is -11.1. The summed E-state index contributed by atoms with van der Waals surface area (Å²) in [4.78, 5) is 128. The van der Waals surface area contributed by atoms with Crippen molar-refractivity contribution in [1.29, 1.82) is 0 Å². The van der Waals surface area contributed by atoms with E-state index in [1.54, 1.807) is 170 Å². The summed E-state index contributed by atoms with van der Waals surface area (Å²) in [5, 5.41) is 0. The first-order chi connectivity index (χ1) is 41.8. The van der Waals surface area contributed by atoms with E-state index in [9.17, 15) is 47.9 Å². The van der Waals surface area contributed by atoms with Crippen molar-refractivity contribution in [2.75, 3.05) is 26.4 Å². The average Bonchev–Trinajstić information content (AvgIpc) is 3.76. The number of carbonyl (C=O) groups is 10. The van der Waals surface area contributed by atoms with E-state index in [1.165, 1.54) is 72.8 Å². The number of ether oxygens (including phenoxy) is 8. The van der Waals surface area contributed by atoms with Crippen LogP contribution in [0.2, 0.25) is 0 Å². The normalized spacial score (nSPS) is 11.8. The summed E-state index contributed by atoms with van der Waals surface area (Å²) in [5.41, 5.74) is 1.76. The molecule has 86 heavy (non-hydrogen) atoms. The van der Waals surface area contributed by atoms with Gasteiger partial charge in [0, 0.05) is 0 Å². The maximum absolute atomic E-state index is 13.0. The molecule has 0 heterocycles. The van der Waals surface area contributed by atoms with Gasteiger partial charge >= 0.3 is 47.8 Å². The van der Waals surface area contributed by atoms with Gasteiger partial charge in [-0.05, 0) is 97.1 Å². The van der Waals surface area contributed by atoms with E-state index in [0.717, 1.165) is 0 Å². The number of esters is 8. The van der Waals surface area contributed by atoms with Crippen LogP contribution in [0.1, 0.15) is 95.7 Å². The van der Waals surface area contributed by atoms with Gasteiger partial charge in [-0.3, -0.25) is 9.59 Å². The van der Waals surface area contributed by atoms with Crippen LogP contribution in [0.5, 0.6) is 0 Å². The lowest BCUT2D eigenvalue weighted by atomic mass is 10.1. The highest BCUT2D eigenvalue weighted by molar-refractivity contribution is 5.95. The number of Topliss-reactive ketones (excluding diaryl/α,β-unsaturated/α-hetero) is 2. The summed E-state index contributed by atoms with van der Waals surface area (Å²) in [6.45, 7) is -2.32. The Morgan fingerprint density at radius 1 is 0.221 bits per heavy atom. The maximum atomic E-state index is 13.0. The van der Waals surface area contributed by atoms with Crippen LogP contribution in [0.15, 0.2) is 243 Å². The summed E-state index contributed by atoms with van der Waals surface area (Å²) in [6.07, 6.45) is -6.57. The zero-order valence-electron chi connectivity index (χ0n) is 46.0. The highest BCUT2D eigenvalue weighted by atomic mass is 16.6. The van der Waals surface area contributed by atoms with Crippen molar-refractivity contribution in [2.45, 2.75) is 37.3 Å². The molecule has 0 saturated carbocycles. The molecule has 0 spiro atoms. The molecule has 4 atom stereocenters. The fraction of sp³-hybridized carbons (Fsp3) is 0.147. The zero-order valence-corrected chi connectivity index (χ0v) is 46.0. The molecule has 0 radical (unpaired) electrons. The largest absolute Gasteiger partial charge is 0.458 e. The smallest absolute Gasteiger partial charge is 0.338 e. The van der Waals surface area contributed by atoms with E-state index >= 15 is 0 Å². The lowest BCUT2D eigenvalue weighted by Crippen LogP contribution is -2.41. The molecule has 436 valence electrons. The van der Waals surface area contributed by atoms with Crippen LogP contribution in [0, 0.1) is 0 Å². The first-order valence-electron chi connectivity index (χ1n) is 26.8. The fourth-order valence-corrected chi connectivity index (χ4v) is 7.86. The molecule has 8 rings (SSSR count). The molecule has 0 aromatic heterocycles. The van der Waals surface area contributed by atoms with E-state index in [-0.39, 0.29) is 44.5 Å². The molecule has 0 aliphatic carbocycles. The first kappa shape index (κ1) is 62.5. The van der Waals surface area contributed by atoms with Crippen molar-refractivity contribution in [3.63, 3.8) is 0 Å². The van der Waals surface area contributed by atoms with Gasteiger partial charge in [-0.1, -0.05) is 146 Å². The van der Waals surface area contributed by atoms with Crippen molar-refractivity contribution in [2.24, 2.45) is 0 Å². The van der Waals surface area contributed by atoms with Gasteiger partial charge in [-0.25, -0.2) is 38.4 Å². The van der Waals surface area contributed by atoms with Crippen molar-refractivity contribution < 1.29 is 85.8 Å². The summed E-state index contributed by atoms with van der Waals surface area (Å²) < 4.78 is 43.8. The standard InChI is InChI=1S/2C34H28O9/c2*35-28(22-40-31(36)24-13-5-1-6-14-24)21-29(42-33(38)26-17-9-3-10-18-26)30(43-34(39)27-19-11-4-12-20-27)23-41-32(37)25-15-7-2-8-16-25/h2*1-20,29-30H,21-23H2/t2*29-,30+/m11/s1. The Bertz CT molecular complexity index is 3280. The maximum Gasteiger partial charge on any atom is 0.338 e. The second kappa shape index (κ2) is 33.1. The minimum absolute atomic E-state index is 0.185. The lowest BCUT2D eigenvalue weighted by molar-refractivity contribution is -0.127. The van der Waals surface area contributed by atoms with Crippen molar-refractivity contribution in [3.8, 4) is 0 Å². The summed E-state index contributed by atoms with van der Waals surface area (Å²) in [7, 11) is 0. The van der Waals surface area contributed by atoms with Crippen LogP contribution in [0.3, 0.4) is 0 Å². The molecule has 18 heteroatoms. The molecule has 0 unspecified atom stereocenters. The van der Waals surface area contributed by atoms with Crippen molar-refractivity contribution in [1.82, 2.24) is 0 Å². The van der Waals surface area contributed by atoms with E-state index in [2.05, 4.69) is 0 Å². The third-order valence-electron chi connectivity index (χ3n) is 12.3. The third kappa shape index (κ3) is 20.1. The molecule has 0 amide bonds. The number of hydrogen-bond acceptors (Lipinski definition) is 18. The van der Waals surface area contributed by atoms with Crippen LogP contribution in [0.4, 0.5) is 0 Å². The van der Waals surface area contributed by atoms with E-state index in [1.807, 2.05) is 0 Å². The molecule has 0 fully saturated rings. The van der Waals surface area contributed by atoms with Crippen LogP contribution < -0.4 is 0 Å². The van der Waals surface area contributed by atoms with E-state index < -0.39 is 123 Å². The molecule has 0 N–H and O–H groups in total. The minimum Gasteiger partial charge on any atom is -0.458 e. The summed E-state index contributed by atoms with van der Waals surface area (Å²) in [5.74, 6) is -7.25. The first-order valence-corrected chi connectivity index (χ1v) is 26.8. The zero-order chi connectivity index (χ0) is 60.9. The predicted octanol–water partition coefficient (Wildman–Crippen LogP) is 10.2. The molecule has 8 aromatic rings. The molecular formula is C68H56O18. The lowest BCUT2D eigenvalue weighted by Gasteiger charge is -2.26. The van der Waals surface area contributed by atoms with Gasteiger partial charge in [-0.15, -0.1) is 0 Å². The van der Waals surface area contributed by atoms with Gasteiger partial charge < -0.3 is 37.9 Å². The van der Waals surface area contributed by atoms with Crippen LogP contribution in [-0.2, 0) is 47.5 Å². The fourth-order valence-electron chi connectivity index (χ4n) is 7.86. The SMILES string of the molecule is O=C(COC(=O)c1ccccc1)C[C@@H](OC(=O)c1ccccc1)[C@H](COC(=O)c1ccccc1)OC(=O)c1ccccc1.O=C(COC(=O)c1ccccc1)C[C@@H](OC(=O)c1ccccc1)[C@H](COC(=O)c1ccccc1)OC(=O)c1ccccc1. The summed E-state index contributed by atoms with van der Waals surface area (Å²) >= 11 is 0. The second-order valence-corrected chi connectivity index (χ2v) is 18.5. The Morgan fingerprint density at radius 3 is 0.605 bits per heavy atom. The Labute approximate surface area is 494 Å². The molecule has 0 aliphatic heterocycles. The quantitative estimate of drug-likeness (QED) is 0.0361. The number of ketones is 2. The van der Waals surface area contributed by atoms with Crippen LogP contribution in [-0.4, -0.2) is 110 Å². The van der Waals surface area contributed by atoms with Gasteiger partial charge in [0.15, 0.2) is 23.8 Å². The third-order valence-corrected chi connectivity index (χ3v) is 12.3. The number of benzene rings is 8. The molecule has 18 nitrogen and oxygen atoms in total. The molecule has 8 aromatic carbocycles. The van der Waals surface area contributed by atoms with Gasteiger partial charge in [-0.2, -0.15) is 0 Å².